The Kier molecular flexibility index (Phi) is 6.97. The molecule has 1 saturated carbocycles. The van der Waals surface area contributed by atoms with Gasteiger partial charge in [-0.1, -0.05) is 25.0 Å². The molecule has 0 spiro atoms. The minimum Gasteiger partial charge on any atom is -0.423 e. The Morgan fingerprint density at radius 2 is 1.89 bits per heavy atom. The quantitative estimate of drug-likeness (QED) is 0.302. The largest absolute Gasteiger partial charge is 0.423 e. The lowest BCUT2D eigenvalue weighted by molar-refractivity contribution is -0.384. The molecule has 1 N–H and O–H groups in total. The predicted octanol–water partition coefficient (Wildman–Crippen LogP) is 6.67. The van der Waals surface area contributed by atoms with E-state index < -0.39 is 0 Å². The van der Waals surface area contributed by atoms with Gasteiger partial charge in [-0.2, -0.15) is 0 Å². The number of benzene rings is 2. The number of halogens is 1. The van der Waals surface area contributed by atoms with Crippen LogP contribution in [0.4, 0.5) is 21.8 Å². The summed E-state index contributed by atoms with van der Waals surface area (Å²) in [6.45, 7) is 1.95. The normalized spacial score (nSPS) is 22.7. The molecule has 1 saturated heterocycles. The van der Waals surface area contributed by atoms with Crippen LogP contribution < -0.4 is 10.2 Å². The van der Waals surface area contributed by atoms with Gasteiger partial charge in [-0.3, -0.25) is 10.1 Å². The fraction of sp³-hybridized carbons (Fsp3) is 0.444. The number of nitro groups is 1. The lowest BCUT2D eigenvalue weighted by Crippen LogP contribution is -2.39. The molecule has 2 heterocycles. The van der Waals surface area contributed by atoms with E-state index in [-0.39, 0.29) is 22.5 Å². The van der Waals surface area contributed by atoms with Crippen LogP contribution in [-0.2, 0) is 0 Å². The maximum Gasteiger partial charge on any atom is 0.295 e. The Morgan fingerprint density at radius 1 is 1.09 bits per heavy atom. The molecule has 1 aliphatic heterocycles. The van der Waals surface area contributed by atoms with Gasteiger partial charge in [-0.25, -0.2) is 9.37 Å². The fourth-order valence-corrected chi connectivity index (χ4v) is 5.67. The number of hydrogen-bond acceptors (Lipinski definition) is 6. The fourth-order valence-electron chi connectivity index (χ4n) is 5.67. The van der Waals surface area contributed by atoms with Gasteiger partial charge in [0.25, 0.3) is 11.7 Å². The van der Waals surface area contributed by atoms with Gasteiger partial charge in [0.15, 0.2) is 5.76 Å². The lowest BCUT2D eigenvalue weighted by atomic mass is 9.77. The maximum absolute atomic E-state index is 14.1. The molecule has 8 heteroatoms. The molecule has 3 aromatic rings. The van der Waals surface area contributed by atoms with E-state index in [0.717, 1.165) is 38.0 Å². The predicted molar refractivity (Wildman–Crippen MR) is 134 cm³/mol. The van der Waals surface area contributed by atoms with E-state index >= 15 is 0 Å². The Morgan fingerprint density at radius 3 is 2.69 bits per heavy atom. The molecule has 5 rings (SSSR count). The van der Waals surface area contributed by atoms with E-state index in [2.05, 4.69) is 15.2 Å². The molecule has 0 radical (unpaired) electrons. The van der Waals surface area contributed by atoms with Gasteiger partial charge in [0.1, 0.15) is 5.82 Å². The highest BCUT2D eigenvalue weighted by molar-refractivity contribution is 5.58. The van der Waals surface area contributed by atoms with Crippen molar-refractivity contribution < 1.29 is 13.7 Å². The Bertz CT molecular complexity index is 1150. The average Bonchev–Trinajstić information content (AvgIpc) is 3.34. The van der Waals surface area contributed by atoms with E-state index in [1.165, 1.54) is 31.7 Å². The molecule has 2 aliphatic rings. The van der Waals surface area contributed by atoms with Gasteiger partial charge in [-0.05, 0) is 68.2 Å². The Balaban J connectivity index is 1.22. The lowest BCUT2D eigenvalue weighted by Gasteiger charge is -2.39. The molecule has 0 bridgehead atoms. The molecule has 1 aliphatic carbocycles. The first-order valence-corrected chi connectivity index (χ1v) is 12.5. The second kappa shape index (κ2) is 10.5. The summed E-state index contributed by atoms with van der Waals surface area (Å²) in [5.41, 5.74) is 1.60. The zero-order valence-electron chi connectivity index (χ0n) is 19.7. The van der Waals surface area contributed by atoms with Gasteiger partial charge in [0, 0.05) is 37.0 Å². The molecule has 35 heavy (non-hydrogen) atoms. The second-order valence-corrected chi connectivity index (χ2v) is 9.77. The standard InChI is InChI=1S/C27H31FN4O3/c28-24-9-3-2-8-23(24)26-17-29-27(35-26)30-25-10-4-1-7-20(25)16-19-6-5-15-31(18-19)21-11-13-22(14-12-21)32(33)34/h2-3,8-9,11-14,17,19-20,25H,1,4-7,10,15-16,18H2,(H,29,30)/t19-,20+,25-/m1/s1. The average molecular weight is 479 g/mol. The summed E-state index contributed by atoms with van der Waals surface area (Å²) >= 11 is 0. The van der Waals surface area contributed by atoms with Crippen LogP contribution in [0.1, 0.15) is 44.9 Å². The van der Waals surface area contributed by atoms with Crippen LogP contribution >= 0.6 is 0 Å². The van der Waals surface area contributed by atoms with Crippen LogP contribution in [-0.4, -0.2) is 29.0 Å². The summed E-state index contributed by atoms with van der Waals surface area (Å²) in [6, 6.07) is 14.2. The minimum absolute atomic E-state index is 0.128. The smallest absolute Gasteiger partial charge is 0.295 e. The van der Waals surface area contributed by atoms with Crippen LogP contribution in [0.2, 0.25) is 0 Å². The first-order chi connectivity index (χ1) is 17.1. The first-order valence-electron chi connectivity index (χ1n) is 12.5. The van der Waals surface area contributed by atoms with E-state index in [4.69, 9.17) is 4.42 Å². The van der Waals surface area contributed by atoms with E-state index in [0.29, 0.717) is 29.2 Å². The number of nitro benzene ring substituents is 1. The van der Waals surface area contributed by atoms with Gasteiger partial charge >= 0.3 is 0 Å². The summed E-state index contributed by atoms with van der Waals surface area (Å²) in [7, 11) is 0. The van der Waals surface area contributed by atoms with Crippen molar-refractivity contribution in [3.8, 4) is 11.3 Å². The number of non-ortho nitro benzene ring substituents is 1. The first kappa shape index (κ1) is 23.3. The van der Waals surface area contributed by atoms with Gasteiger partial charge < -0.3 is 14.6 Å². The van der Waals surface area contributed by atoms with Crippen LogP contribution in [0, 0.1) is 27.8 Å². The van der Waals surface area contributed by atoms with Crippen LogP contribution in [0.25, 0.3) is 11.3 Å². The van der Waals surface area contributed by atoms with Crippen molar-refractivity contribution in [3.63, 3.8) is 0 Å². The Hall–Kier alpha value is -3.42. The molecular formula is C27H31FN4O3. The number of nitrogens with zero attached hydrogens (tertiary/aromatic N) is 3. The van der Waals surface area contributed by atoms with Gasteiger partial charge in [0.2, 0.25) is 0 Å². The summed E-state index contributed by atoms with van der Waals surface area (Å²) in [4.78, 5) is 17.4. The molecule has 0 unspecified atom stereocenters. The molecule has 1 aromatic heterocycles. The number of oxazole rings is 1. The SMILES string of the molecule is O=[N+]([O-])c1ccc(N2CCC[C@H](C[C@@H]3CCCC[C@H]3Nc3ncc(-c4ccccc4F)o3)C2)cc1. The minimum atomic E-state index is -0.355. The number of nitrogens with one attached hydrogen (secondary N) is 1. The van der Waals surface area contributed by atoms with Crippen molar-refractivity contribution in [2.45, 2.75) is 51.0 Å². The monoisotopic (exact) mass is 478 g/mol. The van der Waals surface area contributed by atoms with Crippen LogP contribution in [0.15, 0.2) is 59.1 Å². The van der Waals surface area contributed by atoms with Crippen molar-refractivity contribution in [1.29, 1.82) is 0 Å². The molecular weight excluding hydrogens is 447 g/mol. The highest BCUT2D eigenvalue weighted by Crippen LogP contribution is 2.36. The zero-order valence-corrected chi connectivity index (χ0v) is 19.7. The summed E-state index contributed by atoms with van der Waals surface area (Å²) in [6.07, 6.45) is 9.68. The van der Waals surface area contributed by atoms with E-state index in [9.17, 15) is 14.5 Å². The number of anilines is 2. The third kappa shape index (κ3) is 5.47. The molecule has 0 amide bonds. The van der Waals surface area contributed by atoms with E-state index in [1.54, 1.807) is 36.5 Å². The third-order valence-electron chi connectivity index (χ3n) is 7.44. The number of rotatable bonds is 7. The highest BCUT2D eigenvalue weighted by atomic mass is 19.1. The van der Waals surface area contributed by atoms with Crippen LogP contribution in [0.5, 0.6) is 0 Å². The third-order valence-corrected chi connectivity index (χ3v) is 7.44. The van der Waals surface area contributed by atoms with E-state index in [1.807, 2.05) is 12.1 Å². The summed E-state index contributed by atoms with van der Waals surface area (Å²) in [5.74, 6) is 1.21. The number of aromatic nitrogens is 1. The molecule has 3 atom stereocenters. The van der Waals surface area contributed by atoms with Crippen LogP contribution in [0.3, 0.4) is 0 Å². The molecule has 7 nitrogen and oxygen atoms in total. The highest BCUT2D eigenvalue weighted by Gasteiger charge is 2.31. The number of hydrogen-bond donors (Lipinski definition) is 1. The topological polar surface area (TPSA) is 84.4 Å². The van der Waals surface area contributed by atoms with Crippen molar-refractivity contribution in [1.82, 2.24) is 4.98 Å². The maximum atomic E-state index is 14.1. The zero-order chi connectivity index (χ0) is 24.2. The summed E-state index contributed by atoms with van der Waals surface area (Å²) in [5, 5.41) is 14.5. The number of piperidine rings is 1. The Labute approximate surface area is 204 Å². The molecule has 184 valence electrons. The molecule has 2 fully saturated rings. The van der Waals surface area contributed by atoms with Gasteiger partial charge in [0.05, 0.1) is 16.7 Å². The van der Waals surface area contributed by atoms with Crippen molar-refractivity contribution >= 4 is 17.4 Å². The van der Waals surface area contributed by atoms with Gasteiger partial charge in [-0.15, -0.1) is 0 Å². The molecule has 2 aromatic carbocycles. The second-order valence-electron chi connectivity index (χ2n) is 9.77. The summed E-state index contributed by atoms with van der Waals surface area (Å²) < 4.78 is 20.0. The van der Waals surface area contributed by atoms with Crippen molar-refractivity contribution in [2.75, 3.05) is 23.3 Å². The van der Waals surface area contributed by atoms with Crippen molar-refractivity contribution in [2.24, 2.45) is 11.8 Å². The van der Waals surface area contributed by atoms with Crippen molar-refractivity contribution in [3.05, 3.63) is 70.7 Å².